The highest BCUT2D eigenvalue weighted by molar-refractivity contribution is 5.52. The zero-order chi connectivity index (χ0) is 11.1. The van der Waals surface area contributed by atoms with Gasteiger partial charge in [-0.2, -0.15) is 9.65 Å². The topological polar surface area (TPSA) is 52.0 Å². The van der Waals surface area contributed by atoms with Crippen LogP contribution in [0.25, 0.3) is 0 Å². The van der Waals surface area contributed by atoms with Gasteiger partial charge >= 0.3 is 0 Å². The third kappa shape index (κ3) is 1.34. The molecule has 82 valence electrons. The lowest BCUT2D eigenvalue weighted by Crippen LogP contribution is -2.43. The number of hydrogen-bond acceptors (Lipinski definition) is 4. The second-order valence-corrected chi connectivity index (χ2v) is 4.29. The van der Waals surface area contributed by atoms with Gasteiger partial charge in [0.05, 0.1) is 11.9 Å². The van der Waals surface area contributed by atoms with Crippen LogP contribution >= 0.6 is 0 Å². The highest BCUT2D eigenvalue weighted by Gasteiger charge is 2.37. The van der Waals surface area contributed by atoms with E-state index in [2.05, 4.69) is 15.2 Å². The molecular weight excluding hydrogens is 207 g/mol. The van der Waals surface area contributed by atoms with Crippen molar-refractivity contribution in [3.8, 4) is 6.07 Å². The summed E-state index contributed by atoms with van der Waals surface area (Å²) < 4.78 is 13.1. The molecule has 2 fully saturated rings. The van der Waals surface area contributed by atoms with Gasteiger partial charge in [0.2, 0.25) is 5.95 Å². The standard InChI is InChI=1S/C11H11FN4/c12-11-7(3-13)1-9(5-15-11)16-6-8-2-10(16)4-14-8/h1,5,8,10,14H,2,4,6H2. The number of halogens is 1. The largest absolute Gasteiger partial charge is 0.364 e. The Balaban J connectivity index is 1.93. The van der Waals surface area contributed by atoms with Crippen LogP contribution in [0, 0.1) is 17.3 Å². The number of hydrogen-bond donors (Lipinski definition) is 1. The van der Waals surface area contributed by atoms with Gasteiger partial charge in [-0.05, 0) is 12.5 Å². The summed E-state index contributed by atoms with van der Waals surface area (Å²) in [5.41, 5.74) is 0.875. The fourth-order valence-electron chi connectivity index (χ4n) is 2.55. The number of fused-ring (bicyclic) bond motifs is 2. The third-order valence-electron chi connectivity index (χ3n) is 3.33. The molecule has 2 atom stereocenters. The van der Waals surface area contributed by atoms with Gasteiger partial charge in [0, 0.05) is 25.2 Å². The molecule has 3 rings (SSSR count). The minimum atomic E-state index is -0.686. The van der Waals surface area contributed by atoms with Crippen LogP contribution in [0.2, 0.25) is 0 Å². The summed E-state index contributed by atoms with van der Waals surface area (Å²) in [5.74, 6) is -0.686. The van der Waals surface area contributed by atoms with E-state index < -0.39 is 5.95 Å². The Morgan fingerprint density at radius 3 is 3.12 bits per heavy atom. The lowest BCUT2D eigenvalue weighted by molar-refractivity contribution is 0.568. The Morgan fingerprint density at radius 2 is 2.50 bits per heavy atom. The Bertz CT molecular complexity index is 468. The molecular formula is C11H11FN4. The molecule has 4 nitrogen and oxygen atoms in total. The molecule has 1 aromatic heterocycles. The van der Waals surface area contributed by atoms with Crippen LogP contribution in [-0.2, 0) is 0 Å². The van der Waals surface area contributed by atoms with Gasteiger partial charge in [0.25, 0.3) is 0 Å². The Hall–Kier alpha value is -1.67. The van der Waals surface area contributed by atoms with Crippen molar-refractivity contribution in [2.45, 2.75) is 18.5 Å². The summed E-state index contributed by atoms with van der Waals surface area (Å²) in [6.45, 7) is 1.88. The molecule has 2 unspecified atom stereocenters. The van der Waals surface area contributed by atoms with Gasteiger partial charge in [0.1, 0.15) is 11.6 Å². The van der Waals surface area contributed by atoms with Crippen LogP contribution in [0.15, 0.2) is 12.3 Å². The van der Waals surface area contributed by atoms with Crippen molar-refractivity contribution in [1.29, 1.82) is 5.26 Å². The number of pyridine rings is 1. The lowest BCUT2D eigenvalue weighted by atomic mass is 10.2. The number of nitrogens with zero attached hydrogens (tertiary/aromatic N) is 3. The summed E-state index contributed by atoms with van der Waals surface area (Å²) >= 11 is 0. The highest BCUT2D eigenvalue weighted by Crippen LogP contribution is 2.29. The molecule has 0 aromatic carbocycles. The predicted octanol–water partition coefficient (Wildman–Crippen LogP) is 0.643. The minimum Gasteiger partial charge on any atom is -0.364 e. The Labute approximate surface area is 92.7 Å². The van der Waals surface area contributed by atoms with Crippen LogP contribution < -0.4 is 10.2 Å². The number of nitrogens with one attached hydrogen (secondary N) is 1. The SMILES string of the molecule is N#Cc1cc(N2CC3CC2CN3)cnc1F. The maximum atomic E-state index is 13.1. The molecule has 0 aliphatic carbocycles. The fourth-order valence-corrected chi connectivity index (χ4v) is 2.55. The van der Waals surface area contributed by atoms with Crippen molar-refractivity contribution in [2.75, 3.05) is 18.0 Å². The Kier molecular flexibility index (Phi) is 2.04. The van der Waals surface area contributed by atoms with E-state index in [1.54, 1.807) is 6.07 Å². The molecule has 0 amide bonds. The van der Waals surface area contributed by atoms with Crippen molar-refractivity contribution < 1.29 is 4.39 Å². The minimum absolute atomic E-state index is 0.0215. The molecule has 0 spiro atoms. The van der Waals surface area contributed by atoms with Crippen molar-refractivity contribution in [1.82, 2.24) is 10.3 Å². The third-order valence-corrected chi connectivity index (χ3v) is 3.33. The number of nitriles is 1. The van der Waals surface area contributed by atoms with Crippen molar-refractivity contribution in [3.05, 3.63) is 23.8 Å². The molecule has 0 radical (unpaired) electrons. The van der Waals surface area contributed by atoms with Crippen LogP contribution in [0.1, 0.15) is 12.0 Å². The van der Waals surface area contributed by atoms with E-state index in [0.717, 1.165) is 25.2 Å². The maximum Gasteiger partial charge on any atom is 0.230 e. The highest BCUT2D eigenvalue weighted by atomic mass is 19.1. The first-order valence-electron chi connectivity index (χ1n) is 5.33. The average molecular weight is 218 g/mol. The summed E-state index contributed by atoms with van der Waals surface area (Å²) in [6.07, 6.45) is 2.64. The Morgan fingerprint density at radius 1 is 1.62 bits per heavy atom. The summed E-state index contributed by atoms with van der Waals surface area (Å²) in [4.78, 5) is 5.83. The van der Waals surface area contributed by atoms with E-state index in [9.17, 15) is 4.39 Å². The zero-order valence-corrected chi connectivity index (χ0v) is 8.65. The molecule has 1 N–H and O–H groups in total. The van der Waals surface area contributed by atoms with E-state index in [0.29, 0.717) is 12.1 Å². The molecule has 2 aliphatic heterocycles. The summed E-state index contributed by atoms with van der Waals surface area (Å²) in [7, 11) is 0. The summed E-state index contributed by atoms with van der Waals surface area (Å²) in [6, 6.07) is 4.40. The molecule has 3 heterocycles. The van der Waals surface area contributed by atoms with Crippen LogP contribution in [-0.4, -0.2) is 30.2 Å². The van der Waals surface area contributed by atoms with Gasteiger partial charge in [-0.25, -0.2) is 4.98 Å². The van der Waals surface area contributed by atoms with E-state index in [-0.39, 0.29) is 5.56 Å². The first-order valence-corrected chi connectivity index (χ1v) is 5.33. The molecule has 0 saturated carbocycles. The average Bonchev–Trinajstić information content (AvgIpc) is 2.91. The van der Waals surface area contributed by atoms with E-state index in [1.807, 2.05) is 6.07 Å². The lowest BCUT2D eigenvalue weighted by Gasteiger charge is -2.29. The van der Waals surface area contributed by atoms with Crippen molar-refractivity contribution >= 4 is 5.69 Å². The van der Waals surface area contributed by atoms with Gasteiger partial charge < -0.3 is 10.2 Å². The predicted molar refractivity (Wildman–Crippen MR) is 56.5 cm³/mol. The fraction of sp³-hybridized carbons (Fsp3) is 0.455. The molecule has 16 heavy (non-hydrogen) atoms. The smallest absolute Gasteiger partial charge is 0.230 e. The van der Waals surface area contributed by atoms with E-state index >= 15 is 0 Å². The second kappa shape index (κ2) is 3.42. The van der Waals surface area contributed by atoms with Gasteiger partial charge in [0.15, 0.2) is 0 Å². The monoisotopic (exact) mass is 218 g/mol. The molecule has 2 saturated heterocycles. The van der Waals surface area contributed by atoms with E-state index in [4.69, 9.17) is 5.26 Å². The van der Waals surface area contributed by atoms with Crippen molar-refractivity contribution in [2.24, 2.45) is 0 Å². The second-order valence-electron chi connectivity index (χ2n) is 4.29. The normalized spacial score (nSPS) is 27.1. The number of rotatable bonds is 1. The molecule has 2 bridgehead atoms. The number of aromatic nitrogens is 1. The van der Waals surface area contributed by atoms with Crippen LogP contribution in [0.5, 0.6) is 0 Å². The first-order chi connectivity index (χ1) is 7.78. The molecule has 5 heteroatoms. The molecule has 1 aromatic rings. The zero-order valence-electron chi connectivity index (χ0n) is 8.65. The van der Waals surface area contributed by atoms with Crippen LogP contribution in [0.3, 0.4) is 0 Å². The van der Waals surface area contributed by atoms with Crippen LogP contribution in [0.4, 0.5) is 10.1 Å². The quantitative estimate of drug-likeness (QED) is 0.703. The summed E-state index contributed by atoms with van der Waals surface area (Å²) in [5, 5.41) is 12.2. The van der Waals surface area contributed by atoms with Gasteiger partial charge in [-0.1, -0.05) is 0 Å². The maximum absolute atomic E-state index is 13.1. The number of piperazine rings is 1. The van der Waals surface area contributed by atoms with Crippen molar-refractivity contribution in [3.63, 3.8) is 0 Å². The van der Waals surface area contributed by atoms with Gasteiger partial charge in [-0.15, -0.1) is 0 Å². The first kappa shape index (κ1) is 9.55. The molecule has 2 aliphatic rings. The van der Waals surface area contributed by atoms with E-state index in [1.165, 1.54) is 6.20 Å². The van der Waals surface area contributed by atoms with Gasteiger partial charge in [-0.3, -0.25) is 0 Å². The number of anilines is 1.